The number of aromatic hydroxyl groups is 1. The Morgan fingerprint density at radius 1 is 1.08 bits per heavy atom. The smallest absolute Gasteiger partial charge is 0.190 e. The van der Waals surface area contributed by atoms with E-state index in [1.54, 1.807) is 33.8 Å². The molecular weight excluding hydrogens is 464 g/mol. The molecule has 0 aliphatic heterocycles. The molecule has 2 fully saturated rings. The first-order valence-corrected chi connectivity index (χ1v) is 12.3. The van der Waals surface area contributed by atoms with E-state index in [1.165, 1.54) is 13.0 Å². The lowest BCUT2D eigenvalue weighted by atomic mass is 9.39. The van der Waals surface area contributed by atoms with E-state index in [1.807, 2.05) is 0 Å². The van der Waals surface area contributed by atoms with Gasteiger partial charge in [-0.25, -0.2) is 0 Å². The van der Waals surface area contributed by atoms with Crippen molar-refractivity contribution < 1.29 is 39.0 Å². The molecule has 0 heterocycles. The Kier molecular flexibility index (Phi) is 5.79. The summed E-state index contributed by atoms with van der Waals surface area (Å²) in [6.45, 7) is 9.47. The van der Waals surface area contributed by atoms with E-state index in [9.17, 15) is 39.0 Å². The molecule has 7 atom stereocenters. The van der Waals surface area contributed by atoms with E-state index in [0.717, 1.165) is 13.2 Å². The number of aliphatic hydroxyl groups is 1. The lowest BCUT2D eigenvalue weighted by molar-refractivity contribution is -0.205. The predicted octanol–water partition coefficient (Wildman–Crippen LogP) is 2.40. The number of phenols is 1. The second-order valence-electron chi connectivity index (χ2n) is 11.8. The second-order valence-corrected chi connectivity index (χ2v) is 11.8. The van der Waals surface area contributed by atoms with Crippen LogP contribution in [-0.4, -0.2) is 51.0 Å². The number of ketones is 5. The van der Waals surface area contributed by atoms with Crippen LogP contribution in [0.5, 0.6) is 5.75 Å². The molecule has 192 valence electrons. The van der Waals surface area contributed by atoms with Crippen LogP contribution in [0.15, 0.2) is 12.1 Å². The van der Waals surface area contributed by atoms with Gasteiger partial charge >= 0.3 is 0 Å². The topological polar surface area (TPSA) is 143 Å². The molecule has 0 radical (unpaired) electrons. The van der Waals surface area contributed by atoms with Crippen molar-refractivity contribution in [3.63, 3.8) is 0 Å². The lowest BCUT2D eigenvalue weighted by Crippen LogP contribution is -2.76. The van der Waals surface area contributed by atoms with Crippen molar-refractivity contribution >= 4 is 35.2 Å². The van der Waals surface area contributed by atoms with Gasteiger partial charge in [0.2, 0.25) is 0 Å². The second kappa shape index (κ2) is 8.00. The number of carbonyl (C=O) groups is 6. The number of hydrogen-bond donors (Lipinski definition) is 2. The summed E-state index contributed by atoms with van der Waals surface area (Å²) in [6, 6.07) is 2.88. The van der Waals surface area contributed by atoms with Crippen molar-refractivity contribution in [3.8, 4) is 5.75 Å². The molecule has 0 spiro atoms. The first kappa shape index (κ1) is 26.1. The SMILES string of the molecule is CC(=O)C1C(=O)C(C(C)C)[C@@]2(C)C[C@@]3(C)Cc4c(C(C)C=O)ccc(O)c4C(=O)C3C(=O)[C@@]2(O)C1=O. The Labute approximate surface area is 209 Å². The van der Waals surface area contributed by atoms with E-state index < -0.39 is 74.9 Å². The number of benzene rings is 1. The summed E-state index contributed by atoms with van der Waals surface area (Å²) in [4.78, 5) is 79.0. The summed E-state index contributed by atoms with van der Waals surface area (Å²) in [5.74, 6) is -9.84. The molecule has 1 aromatic rings. The maximum Gasteiger partial charge on any atom is 0.190 e. The lowest BCUT2D eigenvalue weighted by Gasteiger charge is -2.62. The number of fused-ring (bicyclic) bond motifs is 3. The molecule has 8 nitrogen and oxygen atoms in total. The van der Waals surface area contributed by atoms with E-state index in [0.29, 0.717) is 11.1 Å². The highest BCUT2D eigenvalue weighted by Crippen LogP contribution is 2.64. The summed E-state index contributed by atoms with van der Waals surface area (Å²) >= 11 is 0. The quantitative estimate of drug-likeness (QED) is 0.478. The summed E-state index contributed by atoms with van der Waals surface area (Å²) in [7, 11) is 0. The molecule has 0 bridgehead atoms. The maximum atomic E-state index is 14.1. The fourth-order valence-corrected chi connectivity index (χ4v) is 7.66. The standard InChI is InChI=1S/C28H32O8/c1-12(2)20-22(32)18(14(4)30)24(34)28(36)25(35)21-23(33)19-16(9-26(21,5)11-27(20,28)6)15(13(3)10-29)7-8-17(19)31/h7-8,10,12-13,18,20-21,31,36H,9,11H2,1-6H3/t13?,18?,20?,21?,26-,27-,28+/m1/s1. The van der Waals surface area contributed by atoms with Gasteiger partial charge < -0.3 is 15.0 Å². The van der Waals surface area contributed by atoms with Crippen LogP contribution in [0, 0.1) is 34.5 Å². The van der Waals surface area contributed by atoms with Gasteiger partial charge in [-0.3, -0.25) is 24.0 Å². The molecule has 36 heavy (non-hydrogen) atoms. The van der Waals surface area contributed by atoms with Crippen molar-refractivity contribution in [3.05, 3.63) is 28.8 Å². The molecule has 0 saturated heterocycles. The highest BCUT2D eigenvalue weighted by atomic mass is 16.3. The fourth-order valence-electron chi connectivity index (χ4n) is 7.66. The van der Waals surface area contributed by atoms with Gasteiger partial charge in [0.25, 0.3) is 0 Å². The number of hydrogen-bond acceptors (Lipinski definition) is 8. The zero-order valence-electron chi connectivity index (χ0n) is 21.4. The average molecular weight is 497 g/mol. The van der Waals surface area contributed by atoms with Gasteiger partial charge in [0.15, 0.2) is 28.7 Å². The fraction of sp³-hybridized carbons (Fsp3) is 0.571. The number of aldehydes is 1. The molecule has 4 unspecified atom stereocenters. The Bertz CT molecular complexity index is 1240. The van der Waals surface area contributed by atoms with Gasteiger partial charge in [-0.05, 0) is 48.3 Å². The van der Waals surface area contributed by atoms with Crippen LogP contribution in [0.25, 0.3) is 0 Å². The molecule has 4 rings (SSSR count). The van der Waals surface area contributed by atoms with Crippen LogP contribution in [0.1, 0.15) is 75.4 Å². The minimum absolute atomic E-state index is 0.0202. The van der Waals surface area contributed by atoms with E-state index >= 15 is 0 Å². The average Bonchev–Trinajstić information content (AvgIpc) is 2.75. The van der Waals surface area contributed by atoms with Crippen molar-refractivity contribution in [2.24, 2.45) is 34.5 Å². The summed E-state index contributed by atoms with van der Waals surface area (Å²) in [5, 5.41) is 22.5. The number of carbonyl (C=O) groups excluding carboxylic acids is 6. The third-order valence-corrected chi connectivity index (χ3v) is 8.99. The Morgan fingerprint density at radius 2 is 1.69 bits per heavy atom. The molecule has 0 aromatic heterocycles. The van der Waals surface area contributed by atoms with Gasteiger partial charge in [-0.1, -0.05) is 40.7 Å². The van der Waals surface area contributed by atoms with Crippen LogP contribution in [0.2, 0.25) is 0 Å². The Balaban J connectivity index is 2.00. The zero-order chi connectivity index (χ0) is 27.1. The molecule has 2 N–H and O–H groups in total. The number of phenolic OH excluding ortho intramolecular Hbond substituents is 1. The summed E-state index contributed by atoms with van der Waals surface area (Å²) < 4.78 is 0. The molecule has 2 saturated carbocycles. The van der Waals surface area contributed by atoms with Gasteiger partial charge in [0, 0.05) is 17.3 Å². The van der Waals surface area contributed by atoms with E-state index in [4.69, 9.17) is 0 Å². The molecule has 3 aliphatic carbocycles. The summed E-state index contributed by atoms with van der Waals surface area (Å²) in [5.41, 5.74) is -4.47. The Morgan fingerprint density at radius 3 is 2.22 bits per heavy atom. The van der Waals surface area contributed by atoms with Crippen molar-refractivity contribution in [1.29, 1.82) is 0 Å². The first-order valence-electron chi connectivity index (χ1n) is 12.3. The normalized spacial score (nSPS) is 36.7. The van der Waals surface area contributed by atoms with Crippen LogP contribution in [0.3, 0.4) is 0 Å². The third kappa shape index (κ3) is 3.03. The van der Waals surface area contributed by atoms with E-state index in [2.05, 4.69) is 0 Å². The van der Waals surface area contributed by atoms with Crippen molar-refractivity contribution in [2.45, 2.75) is 65.9 Å². The van der Waals surface area contributed by atoms with Gasteiger partial charge in [-0.15, -0.1) is 0 Å². The molecule has 8 heteroatoms. The highest BCUT2D eigenvalue weighted by Gasteiger charge is 2.76. The molecule has 1 aromatic carbocycles. The van der Waals surface area contributed by atoms with Crippen LogP contribution in [0.4, 0.5) is 0 Å². The minimum Gasteiger partial charge on any atom is -0.507 e. The largest absolute Gasteiger partial charge is 0.507 e. The predicted molar refractivity (Wildman–Crippen MR) is 127 cm³/mol. The van der Waals surface area contributed by atoms with Crippen molar-refractivity contribution in [1.82, 2.24) is 0 Å². The third-order valence-electron chi connectivity index (χ3n) is 8.99. The van der Waals surface area contributed by atoms with Gasteiger partial charge in [-0.2, -0.15) is 0 Å². The van der Waals surface area contributed by atoms with Crippen molar-refractivity contribution in [2.75, 3.05) is 0 Å². The highest BCUT2D eigenvalue weighted by molar-refractivity contribution is 6.32. The first-order chi connectivity index (χ1) is 16.6. The number of rotatable bonds is 4. The van der Waals surface area contributed by atoms with Crippen LogP contribution >= 0.6 is 0 Å². The van der Waals surface area contributed by atoms with Crippen LogP contribution in [-0.2, 0) is 30.4 Å². The minimum atomic E-state index is -2.72. The Hall–Kier alpha value is -3.00. The van der Waals surface area contributed by atoms with Gasteiger partial charge in [0.1, 0.15) is 23.7 Å². The van der Waals surface area contributed by atoms with Gasteiger partial charge in [0.05, 0.1) is 11.5 Å². The number of Topliss-reactive ketones (excluding diaryl/α,β-unsaturated/α-hetero) is 5. The zero-order valence-corrected chi connectivity index (χ0v) is 21.4. The molecule has 3 aliphatic rings. The van der Waals surface area contributed by atoms with Crippen LogP contribution < -0.4 is 0 Å². The molecule has 0 amide bonds. The molecular formula is C28H32O8. The van der Waals surface area contributed by atoms with E-state index in [-0.39, 0.29) is 24.2 Å². The maximum absolute atomic E-state index is 14.1. The monoisotopic (exact) mass is 496 g/mol. The summed E-state index contributed by atoms with van der Waals surface area (Å²) in [6.07, 6.45) is 0.835.